The van der Waals surface area contributed by atoms with Crippen molar-refractivity contribution in [3.05, 3.63) is 46.3 Å². The molecule has 0 radical (unpaired) electrons. The lowest BCUT2D eigenvalue weighted by Gasteiger charge is -2.16. The summed E-state index contributed by atoms with van der Waals surface area (Å²) in [6.45, 7) is 2.46. The van der Waals surface area contributed by atoms with Crippen molar-refractivity contribution in [2.45, 2.75) is 19.6 Å². The maximum atomic E-state index is 5.78. The van der Waals surface area contributed by atoms with Gasteiger partial charge in [-0.25, -0.2) is 0 Å². The second-order valence-electron chi connectivity index (χ2n) is 3.96. The Morgan fingerprint density at radius 2 is 2.28 bits per heavy atom. The molecule has 0 fully saturated rings. The highest BCUT2D eigenvalue weighted by Gasteiger charge is 2.11. The number of benzene rings is 1. The monoisotopic (exact) mass is 310 g/mol. The summed E-state index contributed by atoms with van der Waals surface area (Å²) in [4.78, 5) is 0. The highest BCUT2D eigenvalue weighted by atomic mass is 79.9. The van der Waals surface area contributed by atoms with E-state index in [1.807, 2.05) is 25.2 Å². The summed E-state index contributed by atoms with van der Waals surface area (Å²) in [7, 11) is 1.92. The van der Waals surface area contributed by atoms with Crippen LogP contribution < -0.4 is 10.1 Å². The molecule has 0 aliphatic rings. The molecule has 0 aliphatic carbocycles. The molecule has 5 heteroatoms. The van der Waals surface area contributed by atoms with Crippen LogP contribution in [-0.4, -0.2) is 12.2 Å². The molecule has 1 N–H and O–H groups in total. The number of ether oxygens (including phenoxy) is 1. The Labute approximate surface area is 114 Å². The molecule has 1 unspecified atom stereocenters. The van der Waals surface area contributed by atoms with Crippen molar-refractivity contribution in [2.75, 3.05) is 7.05 Å². The molecule has 4 nitrogen and oxygen atoms in total. The van der Waals surface area contributed by atoms with Gasteiger partial charge in [0.15, 0.2) is 5.76 Å². The number of nitrogens with zero attached hydrogens (tertiary/aromatic N) is 1. The van der Waals surface area contributed by atoms with E-state index in [0.717, 1.165) is 15.8 Å². The maximum Gasteiger partial charge on any atom is 0.174 e. The van der Waals surface area contributed by atoms with Crippen molar-refractivity contribution >= 4 is 15.9 Å². The molecule has 1 heterocycles. The Kier molecular flexibility index (Phi) is 4.38. The normalized spacial score (nSPS) is 12.4. The molecular weight excluding hydrogens is 296 g/mol. The molecule has 1 atom stereocenters. The maximum absolute atomic E-state index is 5.78. The average molecular weight is 311 g/mol. The highest BCUT2D eigenvalue weighted by Crippen LogP contribution is 2.29. The summed E-state index contributed by atoms with van der Waals surface area (Å²) in [6.07, 6.45) is 1.61. The van der Waals surface area contributed by atoms with Gasteiger partial charge in [-0.3, -0.25) is 0 Å². The third kappa shape index (κ3) is 3.11. The topological polar surface area (TPSA) is 47.3 Å². The Balaban J connectivity index is 2.17. The molecule has 2 aromatic rings. The van der Waals surface area contributed by atoms with Crippen LogP contribution in [0.5, 0.6) is 5.75 Å². The molecule has 0 saturated heterocycles. The van der Waals surface area contributed by atoms with Gasteiger partial charge in [0.05, 0.1) is 6.20 Å². The van der Waals surface area contributed by atoms with Gasteiger partial charge in [0.25, 0.3) is 0 Å². The standard InChI is InChI=1S/C13H15BrN2O2/c1-9(15-2)12-4-3-10(14)7-13(12)17-8-11-5-6-16-18-11/h3-7,9,15H,8H2,1-2H3. The molecule has 1 aromatic carbocycles. The van der Waals surface area contributed by atoms with Gasteiger partial charge in [-0.15, -0.1) is 0 Å². The van der Waals surface area contributed by atoms with Crippen LogP contribution >= 0.6 is 15.9 Å². The van der Waals surface area contributed by atoms with E-state index in [-0.39, 0.29) is 6.04 Å². The minimum absolute atomic E-state index is 0.225. The molecule has 1 aromatic heterocycles. The summed E-state index contributed by atoms with van der Waals surface area (Å²) >= 11 is 3.45. The lowest BCUT2D eigenvalue weighted by molar-refractivity contribution is 0.246. The van der Waals surface area contributed by atoms with Gasteiger partial charge >= 0.3 is 0 Å². The van der Waals surface area contributed by atoms with E-state index >= 15 is 0 Å². The zero-order valence-corrected chi connectivity index (χ0v) is 11.9. The Bertz CT molecular complexity index is 500. The number of aromatic nitrogens is 1. The van der Waals surface area contributed by atoms with Crippen LogP contribution in [0.1, 0.15) is 24.3 Å². The first-order chi connectivity index (χ1) is 8.70. The highest BCUT2D eigenvalue weighted by molar-refractivity contribution is 9.10. The van der Waals surface area contributed by atoms with Gasteiger partial charge in [0, 0.05) is 22.1 Å². The predicted molar refractivity (Wildman–Crippen MR) is 72.5 cm³/mol. The van der Waals surface area contributed by atoms with Crippen molar-refractivity contribution in [1.82, 2.24) is 10.5 Å². The van der Waals surface area contributed by atoms with Crippen LogP contribution in [0.4, 0.5) is 0 Å². The van der Waals surface area contributed by atoms with E-state index in [1.54, 1.807) is 12.3 Å². The van der Waals surface area contributed by atoms with Crippen molar-refractivity contribution in [3.8, 4) is 5.75 Å². The predicted octanol–water partition coefficient (Wildman–Crippen LogP) is 3.30. The van der Waals surface area contributed by atoms with E-state index < -0.39 is 0 Å². The van der Waals surface area contributed by atoms with Gasteiger partial charge in [-0.2, -0.15) is 0 Å². The molecule has 0 spiro atoms. The lowest BCUT2D eigenvalue weighted by atomic mass is 10.1. The molecule has 18 heavy (non-hydrogen) atoms. The Morgan fingerprint density at radius 1 is 1.44 bits per heavy atom. The van der Waals surface area contributed by atoms with Gasteiger partial charge in [-0.1, -0.05) is 27.2 Å². The van der Waals surface area contributed by atoms with E-state index in [2.05, 4.69) is 33.3 Å². The van der Waals surface area contributed by atoms with E-state index in [9.17, 15) is 0 Å². The van der Waals surface area contributed by atoms with Gasteiger partial charge in [0.1, 0.15) is 12.4 Å². The van der Waals surface area contributed by atoms with Crippen molar-refractivity contribution in [1.29, 1.82) is 0 Å². The van der Waals surface area contributed by atoms with Gasteiger partial charge in [0.2, 0.25) is 0 Å². The summed E-state index contributed by atoms with van der Waals surface area (Å²) in [5, 5.41) is 6.85. The number of halogens is 1. The number of rotatable bonds is 5. The van der Waals surface area contributed by atoms with Crippen molar-refractivity contribution in [3.63, 3.8) is 0 Å². The van der Waals surface area contributed by atoms with Crippen LogP contribution in [0.3, 0.4) is 0 Å². The van der Waals surface area contributed by atoms with Crippen LogP contribution in [0.25, 0.3) is 0 Å². The second kappa shape index (κ2) is 6.02. The zero-order valence-electron chi connectivity index (χ0n) is 10.3. The summed E-state index contributed by atoms with van der Waals surface area (Å²) in [6, 6.07) is 8.02. The fourth-order valence-electron chi connectivity index (χ4n) is 1.61. The fraction of sp³-hybridized carbons (Fsp3) is 0.308. The second-order valence-corrected chi connectivity index (χ2v) is 4.88. The van der Waals surface area contributed by atoms with Crippen LogP contribution in [0, 0.1) is 0 Å². The molecule has 2 rings (SSSR count). The van der Waals surface area contributed by atoms with Crippen molar-refractivity contribution < 1.29 is 9.26 Å². The molecule has 96 valence electrons. The minimum Gasteiger partial charge on any atom is -0.485 e. The largest absolute Gasteiger partial charge is 0.485 e. The smallest absolute Gasteiger partial charge is 0.174 e. The minimum atomic E-state index is 0.225. The van der Waals surface area contributed by atoms with Crippen LogP contribution in [0.2, 0.25) is 0 Å². The van der Waals surface area contributed by atoms with Crippen molar-refractivity contribution in [2.24, 2.45) is 0 Å². The van der Waals surface area contributed by atoms with Gasteiger partial charge in [-0.05, 0) is 26.1 Å². The Hall–Kier alpha value is -1.33. The molecule has 0 saturated carbocycles. The first-order valence-electron chi connectivity index (χ1n) is 5.69. The number of nitrogens with one attached hydrogen (secondary N) is 1. The molecule has 0 amide bonds. The SMILES string of the molecule is CNC(C)c1ccc(Br)cc1OCc1ccno1. The first kappa shape index (κ1) is 13.1. The van der Waals surface area contributed by atoms with Gasteiger partial charge < -0.3 is 14.6 Å². The van der Waals surface area contributed by atoms with Crippen LogP contribution in [0.15, 0.2) is 39.5 Å². The lowest BCUT2D eigenvalue weighted by Crippen LogP contribution is -2.13. The van der Waals surface area contributed by atoms with Crippen LogP contribution in [-0.2, 0) is 6.61 Å². The number of hydrogen-bond acceptors (Lipinski definition) is 4. The molecular formula is C13H15BrN2O2. The molecule has 0 aliphatic heterocycles. The van der Waals surface area contributed by atoms with E-state index in [1.165, 1.54) is 0 Å². The molecule has 0 bridgehead atoms. The third-order valence-corrected chi connectivity index (χ3v) is 3.23. The zero-order chi connectivity index (χ0) is 13.0. The number of hydrogen-bond donors (Lipinski definition) is 1. The average Bonchev–Trinajstić information content (AvgIpc) is 2.88. The third-order valence-electron chi connectivity index (χ3n) is 2.74. The van der Waals surface area contributed by atoms with E-state index in [0.29, 0.717) is 12.4 Å². The Morgan fingerprint density at radius 3 is 2.94 bits per heavy atom. The first-order valence-corrected chi connectivity index (χ1v) is 6.49. The fourth-order valence-corrected chi connectivity index (χ4v) is 1.95. The quantitative estimate of drug-likeness (QED) is 0.920. The summed E-state index contributed by atoms with van der Waals surface area (Å²) in [5.41, 5.74) is 1.11. The summed E-state index contributed by atoms with van der Waals surface area (Å²) < 4.78 is 11.8. The summed E-state index contributed by atoms with van der Waals surface area (Å²) in [5.74, 6) is 1.54. The van der Waals surface area contributed by atoms with E-state index in [4.69, 9.17) is 9.26 Å².